The highest BCUT2D eigenvalue weighted by Gasteiger charge is 2.25. The van der Waals surface area contributed by atoms with Crippen molar-refractivity contribution in [1.82, 2.24) is 36.5 Å². The number of benzene rings is 1. The molecule has 0 unspecified atom stereocenters. The summed E-state index contributed by atoms with van der Waals surface area (Å²) in [4.78, 5) is 9.32. The van der Waals surface area contributed by atoms with E-state index in [2.05, 4.69) is 37.5 Å². The van der Waals surface area contributed by atoms with E-state index in [1.807, 2.05) is 42.9 Å². The predicted molar refractivity (Wildman–Crippen MR) is 104 cm³/mol. The third kappa shape index (κ3) is 3.47. The second kappa shape index (κ2) is 7.03. The molecule has 1 aromatic carbocycles. The summed E-state index contributed by atoms with van der Waals surface area (Å²) in [5.74, 6) is 0.751. The SMILES string of the molecule is Clc1ccc(-c2c(-c3cc(C4NNNN4)ccn3)ncn2CC2CC2)cc1. The van der Waals surface area contributed by atoms with Gasteiger partial charge in [0.15, 0.2) is 0 Å². The highest BCUT2D eigenvalue weighted by molar-refractivity contribution is 6.30. The summed E-state index contributed by atoms with van der Waals surface area (Å²) in [7, 11) is 0. The van der Waals surface area contributed by atoms with Crippen molar-refractivity contribution in [3.63, 3.8) is 0 Å². The second-order valence-corrected chi connectivity index (χ2v) is 7.43. The molecule has 4 N–H and O–H groups in total. The lowest BCUT2D eigenvalue weighted by molar-refractivity contribution is 0.554. The number of hydrogen-bond donors (Lipinski definition) is 4. The van der Waals surface area contributed by atoms with Gasteiger partial charge in [-0.3, -0.25) is 4.98 Å². The summed E-state index contributed by atoms with van der Waals surface area (Å²) in [5.41, 5.74) is 16.9. The van der Waals surface area contributed by atoms with Crippen LogP contribution in [0.2, 0.25) is 5.02 Å². The maximum Gasteiger partial charge on any atom is 0.115 e. The maximum atomic E-state index is 6.10. The van der Waals surface area contributed by atoms with Gasteiger partial charge < -0.3 is 4.57 Å². The van der Waals surface area contributed by atoms with Crippen LogP contribution >= 0.6 is 11.6 Å². The molecule has 0 amide bonds. The molecule has 3 aromatic rings. The Morgan fingerprint density at radius 1 is 1.04 bits per heavy atom. The van der Waals surface area contributed by atoms with Crippen LogP contribution in [0.15, 0.2) is 48.9 Å². The molecule has 1 aliphatic heterocycles. The minimum atomic E-state index is -0.0423. The predicted octanol–water partition coefficient (Wildman–Crippen LogP) is 2.79. The van der Waals surface area contributed by atoms with Gasteiger partial charge >= 0.3 is 0 Å². The zero-order valence-corrected chi connectivity index (χ0v) is 15.4. The Hall–Kier alpha value is -2.29. The van der Waals surface area contributed by atoms with Crippen LogP contribution in [0.1, 0.15) is 24.6 Å². The normalized spacial score (nSPS) is 17.5. The van der Waals surface area contributed by atoms with Gasteiger partial charge in [-0.15, -0.1) is 0 Å². The van der Waals surface area contributed by atoms with Gasteiger partial charge in [0.05, 0.1) is 17.7 Å². The quantitative estimate of drug-likeness (QED) is 0.544. The number of imidazole rings is 1. The largest absolute Gasteiger partial charge is 0.330 e. The first kappa shape index (κ1) is 16.9. The minimum Gasteiger partial charge on any atom is -0.330 e. The van der Waals surface area contributed by atoms with Gasteiger partial charge in [-0.1, -0.05) is 23.7 Å². The van der Waals surface area contributed by atoms with Crippen LogP contribution in [0.5, 0.6) is 0 Å². The van der Waals surface area contributed by atoms with Gasteiger partial charge in [-0.25, -0.2) is 15.8 Å². The second-order valence-electron chi connectivity index (χ2n) is 6.99. The topological polar surface area (TPSA) is 78.8 Å². The lowest BCUT2D eigenvalue weighted by Gasteiger charge is -2.12. The van der Waals surface area contributed by atoms with E-state index < -0.39 is 0 Å². The van der Waals surface area contributed by atoms with E-state index in [1.165, 1.54) is 12.8 Å². The summed E-state index contributed by atoms with van der Waals surface area (Å²) in [6.07, 6.45) is 6.29. The molecule has 138 valence electrons. The number of rotatable bonds is 5. The smallest absolute Gasteiger partial charge is 0.115 e. The van der Waals surface area contributed by atoms with Crippen LogP contribution < -0.4 is 21.9 Å². The van der Waals surface area contributed by atoms with Gasteiger partial charge in [0.25, 0.3) is 0 Å². The molecule has 0 atom stereocenters. The lowest BCUT2D eigenvalue weighted by Crippen LogP contribution is -2.33. The molecule has 27 heavy (non-hydrogen) atoms. The van der Waals surface area contributed by atoms with Crippen LogP contribution in [0.4, 0.5) is 0 Å². The first-order valence-electron chi connectivity index (χ1n) is 9.06. The first-order chi connectivity index (χ1) is 13.3. The standard InChI is InChI=1S/C19H20ClN7/c20-15-5-3-13(4-6-15)18-17(22-11-27(18)10-12-1-2-12)16-9-14(7-8-21-16)19-23-25-26-24-19/h3-9,11-12,19,23-26H,1-2,10H2. The van der Waals surface area contributed by atoms with Crippen molar-refractivity contribution in [2.75, 3.05) is 0 Å². The number of nitrogens with zero attached hydrogens (tertiary/aromatic N) is 3. The molecular formula is C19H20ClN7. The molecule has 8 heteroatoms. The summed E-state index contributed by atoms with van der Waals surface area (Å²) in [6.45, 7) is 0.990. The van der Waals surface area contributed by atoms with E-state index in [0.717, 1.165) is 45.7 Å². The van der Waals surface area contributed by atoms with E-state index in [4.69, 9.17) is 16.6 Å². The third-order valence-electron chi connectivity index (χ3n) is 4.96. The van der Waals surface area contributed by atoms with Crippen molar-refractivity contribution in [3.8, 4) is 22.6 Å². The van der Waals surface area contributed by atoms with Crippen molar-refractivity contribution in [1.29, 1.82) is 0 Å². The molecule has 0 spiro atoms. The van der Waals surface area contributed by atoms with E-state index in [0.29, 0.717) is 0 Å². The third-order valence-corrected chi connectivity index (χ3v) is 5.21. The van der Waals surface area contributed by atoms with Gasteiger partial charge in [0.1, 0.15) is 11.9 Å². The summed E-state index contributed by atoms with van der Waals surface area (Å²) in [5, 5.41) is 0.729. The number of halogens is 1. The monoisotopic (exact) mass is 381 g/mol. The zero-order valence-electron chi connectivity index (χ0n) is 14.6. The molecule has 0 radical (unpaired) electrons. The first-order valence-corrected chi connectivity index (χ1v) is 9.44. The van der Waals surface area contributed by atoms with Crippen molar-refractivity contribution in [3.05, 3.63) is 59.5 Å². The molecule has 1 saturated carbocycles. The summed E-state index contributed by atoms with van der Waals surface area (Å²) >= 11 is 6.10. The fourth-order valence-electron chi connectivity index (χ4n) is 3.37. The van der Waals surface area contributed by atoms with Crippen molar-refractivity contribution < 1.29 is 0 Å². The van der Waals surface area contributed by atoms with Gasteiger partial charge in [0.2, 0.25) is 0 Å². The van der Waals surface area contributed by atoms with Gasteiger partial charge in [-0.2, -0.15) is 11.1 Å². The number of hydrogen-bond acceptors (Lipinski definition) is 6. The van der Waals surface area contributed by atoms with Crippen molar-refractivity contribution in [2.24, 2.45) is 5.92 Å². The zero-order chi connectivity index (χ0) is 18.2. The summed E-state index contributed by atoms with van der Waals surface area (Å²) in [6, 6.07) is 12.0. The van der Waals surface area contributed by atoms with Crippen molar-refractivity contribution >= 4 is 11.6 Å². The number of nitrogens with one attached hydrogen (secondary N) is 4. The number of hydrazine groups is 3. The Bertz CT molecular complexity index is 943. The highest BCUT2D eigenvalue weighted by atomic mass is 35.5. The Balaban J connectivity index is 1.58. The molecule has 1 saturated heterocycles. The van der Waals surface area contributed by atoms with Gasteiger partial charge in [0, 0.05) is 23.3 Å². The average Bonchev–Trinajstić information content (AvgIpc) is 3.18. The Morgan fingerprint density at radius 2 is 1.81 bits per heavy atom. The highest BCUT2D eigenvalue weighted by Crippen LogP contribution is 2.36. The van der Waals surface area contributed by atoms with Crippen LogP contribution in [-0.2, 0) is 6.54 Å². The molecule has 2 fully saturated rings. The fourth-order valence-corrected chi connectivity index (χ4v) is 3.50. The average molecular weight is 382 g/mol. The van der Waals surface area contributed by atoms with Gasteiger partial charge in [-0.05, 0) is 48.6 Å². The van der Waals surface area contributed by atoms with E-state index in [-0.39, 0.29) is 6.17 Å². The molecular weight excluding hydrogens is 362 g/mol. The van der Waals surface area contributed by atoms with Crippen LogP contribution in [0, 0.1) is 5.92 Å². The van der Waals surface area contributed by atoms with Crippen LogP contribution in [-0.4, -0.2) is 14.5 Å². The molecule has 7 nitrogen and oxygen atoms in total. The lowest BCUT2D eigenvalue weighted by atomic mass is 10.1. The number of aromatic nitrogens is 3. The van der Waals surface area contributed by atoms with Crippen molar-refractivity contribution in [2.45, 2.75) is 25.6 Å². The van der Waals surface area contributed by atoms with E-state index >= 15 is 0 Å². The summed E-state index contributed by atoms with van der Waals surface area (Å²) < 4.78 is 2.25. The minimum absolute atomic E-state index is 0.0423. The molecule has 1 aliphatic carbocycles. The maximum absolute atomic E-state index is 6.10. The number of pyridine rings is 1. The molecule has 3 heterocycles. The van der Waals surface area contributed by atoms with Crippen LogP contribution in [0.3, 0.4) is 0 Å². The molecule has 2 aliphatic rings. The fraction of sp³-hybridized carbons (Fsp3) is 0.263. The van der Waals surface area contributed by atoms with E-state index in [1.54, 1.807) is 0 Å². The van der Waals surface area contributed by atoms with E-state index in [9.17, 15) is 0 Å². The molecule has 5 rings (SSSR count). The molecule has 2 aromatic heterocycles. The Labute approximate surface area is 162 Å². The molecule has 0 bridgehead atoms. The van der Waals surface area contributed by atoms with Crippen LogP contribution in [0.25, 0.3) is 22.6 Å². The Morgan fingerprint density at radius 3 is 2.56 bits per heavy atom. The Kier molecular flexibility index (Phi) is 4.39.